The maximum Gasteiger partial charge on any atom is 0.161 e. The highest BCUT2D eigenvalue weighted by molar-refractivity contribution is 7.91. The van der Waals surface area contributed by atoms with Gasteiger partial charge in [-0.25, -0.2) is 8.42 Å². The van der Waals surface area contributed by atoms with E-state index < -0.39 is 9.84 Å². The van der Waals surface area contributed by atoms with Gasteiger partial charge in [-0.2, -0.15) is 0 Å². The Morgan fingerprint density at radius 3 is 2.61 bits per heavy atom. The fourth-order valence-corrected chi connectivity index (χ4v) is 3.44. The van der Waals surface area contributed by atoms with E-state index in [9.17, 15) is 13.2 Å². The zero-order valence-electron chi connectivity index (χ0n) is 11.1. The monoisotopic (exact) mass is 278 g/mol. The van der Waals surface area contributed by atoms with Crippen LogP contribution in [0.25, 0.3) is 0 Å². The molecule has 0 aliphatic heterocycles. The van der Waals surface area contributed by atoms with E-state index in [1.54, 1.807) is 7.11 Å². The number of Topliss-reactive ketones (excluding diaryl/α,β-unsaturated/α-hetero) is 1. The number of hydrogen-bond acceptors (Lipinski definition) is 5. The summed E-state index contributed by atoms with van der Waals surface area (Å²) in [5.74, 6) is -0.152. The molecule has 1 aliphatic carbocycles. The quantitative estimate of drug-likeness (QED) is 0.645. The summed E-state index contributed by atoms with van der Waals surface area (Å²) < 4.78 is 33.0. The molecule has 0 radical (unpaired) electrons. The summed E-state index contributed by atoms with van der Waals surface area (Å²) in [6.45, 7) is 0.916. The molecule has 18 heavy (non-hydrogen) atoms. The molecule has 0 saturated heterocycles. The third-order valence-corrected chi connectivity index (χ3v) is 5.00. The minimum Gasteiger partial charge on any atom is -0.382 e. The predicted molar refractivity (Wildman–Crippen MR) is 68.3 cm³/mol. The second-order valence-electron chi connectivity index (χ2n) is 4.83. The van der Waals surface area contributed by atoms with Gasteiger partial charge in [0.25, 0.3) is 0 Å². The molecule has 0 amide bonds. The van der Waals surface area contributed by atoms with E-state index >= 15 is 0 Å². The first-order valence-corrected chi connectivity index (χ1v) is 8.19. The lowest BCUT2D eigenvalue weighted by Gasteiger charge is -2.26. The molecule has 2 atom stereocenters. The first-order valence-electron chi connectivity index (χ1n) is 6.23. The molecule has 106 valence electrons. The van der Waals surface area contributed by atoms with Crippen LogP contribution in [0, 0.1) is 5.92 Å². The molecule has 0 aromatic rings. The predicted octanol–water partition coefficient (Wildman–Crippen LogP) is 0.822. The van der Waals surface area contributed by atoms with Crippen molar-refractivity contribution in [2.45, 2.75) is 30.9 Å². The Balaban J connectivity index is 2.39. The summed E-state index contributed by atoms with van der Waals surface area (Å²) >= 11 is 0. The summed E-state index contributed by atoms with van der Waals surface area (Å²) in [4.78, 5) is 11.9. The molecule has 0 N–H and O–H groups in total. The van der Waals surface area contributed by atoms with Gasteiger partial charge in [-0.1, -0.05) is 6.42 Å². The highest BCUT2D eigenvalue weighted by Crippen LogP contribution is 2.29. The van der Waals surface area contributed by atoms with Gasteiger partial charge >= 0.3 is 0 Å². The number of carbonyl (C=O) groups excluding carboxylic acids is 1. The lowest BCUT2D eigenvalue weighted by molar-refractivity contribution is -0.128. The zero-order valence-corrected chi connectivity index (χ0v) is 11.9. The number of carbonyl (C=O) groups is 1. The molecule has 5 nitrogen and oxygen atoms in total. The van der Waals surface area contributed by atoms with Gasteiger partial charge in [0.15, 0.2) is 5.78 Å². The van der Waals surface area contributed by atoms with E-state index in [4.69, 9.17) is 9.47 Å². The van der Waals surface area contributed by atoms with Crippen molar-refractivity contribution in [3.8, 4) is 0 Å². The molecule has 1 rings (SSSR count). The number of rotatable bonds is 7. The fraction of sp³-hybridized carbons (Fsp3) is 0.917. The Hall–Kier alpha value is -0.460. The maximum atomic E-state index is 11.9. The second-order valence-corrected chi connectivity index (χ2v) is 7.15. The normalized spacial score (nSPS) is 25.0. The summed E-state index contributed by atoms with van der Waals surface area (Å²) in [6, 6.07) is 0. The van der Waals surface area contributed by atoms with Crippen LogP contribution in [0.1, 0.15) is 25.7 Å². The molecule has 1 aliphatic rings. The van der Waals surface area contributed by atoms with Crippen LogP contribution in [0.4, 0.5) is 0 Å². The zero-order chi connectivity index (χ0) is 13.6. The lowest BCUT2D eigenvalue weighted by Crippen LogP contribution is -2.32. The van der Waals surface area contributed by atoms with E-state index in [0.717, 1.165) is 12.8 Å². The van der Waals surface area contributed by atoms with E-state index in [-0.39, 0.29) is 23.6 Å². The number of hydrogen-bond donors (Lipinski definition) is 0. The average Bonchev–Trinajstić information content (AvgIpc) is 2.33. The van der Waals surface area contributed by atoms with Crippen molar-refractivity contribution < 1.29 is 22.7 Å². The van der Waals surface area contributed by atoms with Gasteiger partial charge < -0.3 is 9.47 Å². The Kier molecular flexibility index (Phi) is 6.25. The van der Waals surface area contributed by atoms with Crippen LogP contribution in [0.3, 0.4) is 0 Å². The maximum absolute atomic E-state index is 11.9. The van der Waals surface area contributed by atoms with Crippen molar-refractivity contribution in [2.24, 2.45) is 5.92 Å². The largest absolute Gasteiger partial charge is 0.382 e. The smallest absolute Gasteiger partial charge is 0.161 e. The van der Waals surface area contributed by atoms with Gasteiger partial charge in [0.05, 0.1) is 18.5 Å². The summed E-state index contributed by atoms with van der Waals surface area (Å²) in [6.07, 6.45) is 3.95. The summed E-state index contributed by atoms with van der Waals surface area (Å²) in [7, 11) is -1.46. The molecule has 0 heterocycles. The van der Waals surface area contributed by atoms with Crippen LogP contribution in [0.5, 0.6) is 0 Å². The highest BCUT2D eigenvalue weighted by Gasteiger charge is 2.32. The number of ketones is 1. The van der Waals surface area contributed by atoms with Gasteiger partial charge in [-0.3, -0.25) is 4.79 Å². The van der Waals surface area contributed by atoms with Crippen molar-refractivity contribution in [3.63, 3.8) is 0 Å². The van der Waals surface area contributed by atoms with Crippen LogP contribution >= 0.6 is 0 Å². The molecular weight excluding hydrogens is 256 g/mol. The first kappa shape index (κ1) is 15.6. The number of ether oxygens (including phenoxy) is 2. The van der Waals surface area contributed by atoms with Crippen LogP contribution in [0.15, 0.2) is 0 Å². The van der Waals surface area contributed by atoms with Gasteiger partial charge in [0.2, 0.25) is 0 Å². The Morgan fingerprint density at radius 1 is 1.28 bits per heavy atom. The third-order valence-electron chi connectivity index (χ3n) is 3.36. The van der Waals surface area contributed by atoms with E-state index in [1.165, 1.54) is 6.26 Å². The Labute approximate surface area is 109 Å². The first-order chi connectivity index (χ1) is 8.45. The molecule has 0 bridgehead atoms. The third kappa shape index (κ3) is 5.04. The molecule has 1 saturated carbocycles. The fourth-order valence-electron chi connectivity index (χ4n) is 2.26. The standard InChI is InChI=1S/C12H22O5S/c1-16-6-7-17-9-12(13)10-4-3-5-11(8-10)18(2,14)15/h10-11H,3-9H2,1-2H3. The van der Waals surface area contributed by atoms with E-state index in [1.807, 2.05) is 0 Å². The van der Waals surface area contributed by atoms with Crippen molar-refractivity contribution in [1.29, 1.82) is 0 Å². The Morgan fingerprint density at radius 2 is 2.00 bits per heavy atom. The number of sulfone groups is 1. The number of methoxy groups -OCH3 is 1. The second kappa shape index (κ2) is 7.21. The van der Waals surface area contributed by atoms with Crippen molar-refractivity contribution >= 4 is 15.6 Å². The molecule has 6 heteroatoms. The van der Waals surface area contributed by atoms with E-state index in [2.05, 4.69) is 0 Å². The molecule has 0 aromatic carbocycles. The summed E-state index contributed by atoms with van der Waals surface area (Å²) in [5.41, 5.74) is 0. The van der Waals surface area contributed by atoms with Crippen molar-refractivity contribution in [2.75, 3.05) is 33.2 Å². The summed E-state index contributed by atoms with van der Waals surface area (Å²) in [5, 5.41) is -0.362. The van der Waals surface area contributed by atoms with Gasteiger partial charge in [0.1, 0.15) is 16.4 Å². The van der Waals surface area contributed by atoms with Crippen LogP contribution < -0.4 is 0 Å². The van der Waals surface area contributed by atoms with Gasteiger partial charge in [0, 0.05) is 19.3 Å². The van der Waals surface area contributed by atoms with Crippen molar-refractivity contribution in [1.82, 2.24) is 0 Å². The molecule has 0 aromatic heterocycles. The van der Waals surface area contributed by atoms with Crippen LogP contribution in [-0.2, 0) is 24.1 Å². The minimum atomic E-state index is -3.03. The lowest BCUT2D eigenvalue weighted by atomic mass is 9.86. The molecule has 2 unspecified atom stereocenters. The van der Waals surface area contributed by atoms with Gasteiger partial charge in [-0.15, -0.1) is 0 Å². The molecule has 1 fully saturated rings. The highest BCUT2D eigenvalue weighted by atomic mass is 32.2. The van der Waals surface area contributed by atoms with Crippen LogP contribution in [0.2, 0.25) is 0 Å². The SMILES string of the molecule is COCCOCC(=O)C1CCCC(S(C)(=O)=O)C1. The van der Waals surface area contributed by atoms with E-state index in [0.29, 0.717) is 26.1 Å². The molecular formula is C12H22O5S. The topological polar surface area (TPSA) is 69.7 Å². The molecule has 0 spiro atoms. The van der Waals surface area contributed by atoms with Gasteiger partial charge in [-0.05, 0) is 19.3 Å². The minimum absolute atomic E-state index is 0.0134. The Bertz CT molecular complexity index is 363. The average molecular weight is 278 g/mol. The van der Waals surface area contributed by atoms with Crippen molar-refractivity contribution in [3.05, 3.63) is 0 Å². The van der Waals surface area contributed by atoms with Crippen LogP contribution in [-0.4, -0.2) is 52.6 Å².